The molecule has 1 rings (SSSR count). The first kappa shape index (κ1) is 8.78. The van der Waals surface area contributed by atoms with E-state index in [1.807, 2.05) is 29.1 Å². The summed E-state index contributed by atoms with van der Waals surface area (Å²) in [4.78, 5) is 10.3. The van der Waals surface area contributed by atoms with Crippen molar-refractivity contribution in [2.45, 2.75) is 19.4 Å². The van der Waals surface area contributed by atoms with Crippen molar-refractivity contribution in [3.05, 3.63) is 36.7 Å². The van der Waals surface area contributed by atoms with Gasteiger partial charge in [0.25, 0.3) is 0 Å². The van der Waals surface area contributed by atoms with Crippen molar-refractivity contribution in [3.8, 4) is 0 Å². The van der Waals surface area contributed by atoms with Crippen molar-refractivity contribution in [2.24, 2.45) is 0 Å². The van der Waals surface area contributed by atoms with Gasteiger partial charge in [0.15, 0.2) is 6.29 Å². The number of rotatable bonds is 5. The van der Waals surface area contributed by atoms with Crippen molar-refractivity contribution in [2.75, 3.05) is 0 Å². The molecule has 0 N–H and O–H groups in total. The molecule has 12 heavy (non-hydrogen) atoms. The standard InChI is InChI=1S/C10H13NO/c1-2-3-4-6-11-7-5-10(8-11)9-12/h2,5,7-9H,1,3-4,6H2. The van der Waals surface area contributed by atoms with Crippen molar-refractivity contribution in [1.82, 2.24) is 4.57 Å². The third kappa shape index (κ3) is 2.38. The highest BCUT2D eigenvalue weighted by Crippen LogP contribution is 2.00. The molecule has 0 fully saturated rings. The van der Waals surface area contributed by atoms with Crippen LogP contribution in [0.25, 0.3) is 0 Å². The van der Waals surface area contributed by atoms with Crippen LogP contribution >= 0.6 is 0 Å². The molecule has 0 spiro atoms. The van der Waals surface area contributed by atoms with E-state index in [2.05, 4.69) is 6.58 Å². The predicted octanol–water partition coefficient (Wildman–Crippen LogP) is 2.27. The van der Waals surface area contributed by atoms with Crippen LogP contribution in [0.3, 0.4) is 0 Å². The molecule has 0 saturated carbocycles. The molecule has 0 atom stereocenters. The second-order valence-electron chi connectivity index (χ2n) is 2.73. The number of carbonyl (C=O) groups is 1. The molecule has 0 radical (unpaired) electrons. The number of aldehydes is 1. The number of aryl methyl sites for hydroxylation is 1. The number of hydrogen-bond acceptors (Lipinski definition) is 1. The zero-order valence-electron chi connectivity index (χ0n) is 7.07. The monoisotopic (exact) mass is 163 g/mol. The summed E-state index contributed by atoms with van der Waals surface area (Å²) in [5, 5.41) is 0. The molecular formula is C10H13NO. The van der Waals surface area contributed by atoms with E-state index in [0.29, 0.717) is 0 Å². The maximum Gasteiger partial charge on any atom is 0.151 e. The average Bonchev–Trinajstić information content (AvgIpc) is 2.53. The SMILES string of the molecule is C=CCCCn1ccc(C=O)c1. The van der Waals surface area contributed by atoms with Crippen LogP contribution in [0.5, 0.6) is 0 Å². The third-order valence-electron chi connectivity index (χ3n) is 1.73. The summed E-state index contributed by atoms with van der Waals surface area (Å²) >= 11 is 0. The Bertz CT molecular complexity index is 263. The van der Waals surface area contributed by atoms with Gasteiger partial charge in [0.1, 0.15) is 0 Å². The van der Waals surface area contributed by atoms with Gasteiger partial charge in [-0.05, 0) is 18.9 Å². The Labute approximate surface area is 72.5 Å². The maximum absolute atomic E-state index is 10.3. The molecule has 0 aromatic carbocycles. The van der Waals surface area contributed by atoms with Crippen molar-refractivity contribution in [3.63, 3.8) is 0 Å². The number of carbonyl (C=O) groups excluding carboxylic acids is 1. The second-order valence-corrected chi connectivity index (χ2v) is 2.73. The first-order valence-corrected chi connectivity index (χ1v) is 4.08. The smallest absolute Gasteiger partial charge is 0.151 e. The summed E-state index contributed by atoms with van der Waals surface area (Å²) < 4.78 is 2.02. The summed E-state index contributed by atoms with van der Waals surface area (Å²) in [5.74, 6) is 0. The van der Waals surface area contributed by atoms with Gasteiger partial charge in [-0.15, -0.1) is 6.58 Å². The van der Waals surface area contributed by atoms with Gasteiger partial charge in [-0.2, -0.15) is 0 Å². The van der Waals surface area contributed by atoms with Crippen molar-refractivity contribution in [1.29, 1.82) is 0 Å². The molecule has 64 valence electrons. The number of aromatic nitrogens is 1. The minimum atomic E-state index is 0.744. The Hall–Kier alpha value is -1.31. The molecule has 2 heteroatoms. The van der Waals surface area contributed by atoms with E-state index in [4.69, 9.17) is 0 Å². The van der Waals surface area contributed by atoms with Crippen LogP contribution in [0.15, 0.2) is 31.1 Å². The molecular weight excluding hydrogens is 150 g/mol. The first-order valence-electron chi connectivity index (χ1n) is 4.08. The summed E-state index contributed by atoms with van der Waals surface area (Å²) in [6, 6.07) is 1.82. The second kappa shape index (κ2) is 4.54. The van der Waals surface area contributed by atoms with E-state index in [9.17, 15) is 4.79 Å². The van der Waals surface area contributed by atoms with E-state index in [1.165, 1.54) is 0 Å². The molecule has 0 aliphatic carbocycles. The van der Waals surface area contributed by atoms with Crippen molar-refractivity contribution < 1.29 is 4.79 Å². The van der Waals surface area contributed by atoms with Gasteiger partial charge in [0.05, 0.1) is 0 Å². The third-order valence-corrected chi connectivity index (χ3v) is 1.73. The van der Waals surface area contributed by atoms with E-state index in [-0.39, 0.29) is 0 Å². The Kier molecular flexibility index (Phi) is 3.33. The Morgan fingerprint density at radius 1 is 1.58 bits per heavy atom. The van der Waals surface area contributed by atoms with Crippen LogP contribution in [0.4, 0.5) is 0 Å². The number of nitrogens with zero attached hydrogens (tertiary/aromatic N) is 1. The van der Waals surface area contributed by atoms with E-state index in [0.717, 1.165) is 31.2 Å². The molecule has 0 saturated heterocycles. The topological polar surface area (TPSA) is 22.0 Å². The number of allylic oxidation sites excluding steroid dienone is 1. The normalized spacial score (nSPS) is 9.67. The summed E-state index contributed by atoms with van der Waals surface area (Å²) in [7, 11) is 0. The molecule has 0 aliphatic heterocycles. The molecule has 0 unspecified atom stereocenters. The van der Waals surface area contributed by atoms with E-state index in [1.54, 1.807) is 0 Å². The highest BCUT2D eigenvalue weighted by molar-refractivity contribution is 5.74. The maximum atomic E-state index is 10.3. The predicted molar refractivity (Wildman–Crippen MR) is 49.3 cm³/mol. The Morgan fingerprint density at radius 2 is 2.42 bits per heavy atom. The minimum Gasteiger partial charge on any atom is -0.354 e. The Morgan fingerprint density at radius 3 is 3.00 bits per heavy atom. The molecule has 0 bridgehead atoms. The van der Waals surface area contributed by atoms with Crippen LogP contribution in [0.1, 0.15) is 23.2 Å². The minimum absolute atomic E-state index is 0.744. The Balaban J connectivity index is 2.41. The van der Waals surface area contributed by atoms with Crippen molar-refractivity contribution >= 4 is 6.29 Å². The quantitative estimate of drug-likeness (QED) is 0.371. The lowest BCUT2D eigenvalue weighted by atomic mass is 10.3. The molecule has 0 amide bonds. The average molecular weight is 163 g/mol. The van der Waals surface area contributed by atoms with Gasteiger partial charge in [-0.3, -0.25) is 4.79 Å². The molecule has 1 aromatic heterocycles. The van der Waals surface area contributed by atoms with Gasteiger partial charge in [0.2, 0.25) is 0 Å². The van der Waals surface area contributed by atoms with Crippen LogP contribution in [-0.2, 0) is 6.54 Å². The van der Waals surface area contributed by atoms with Crippen LogP contribution in [-0.4, -0.2) is 10.9 Å². The lowest BCUT2D eigenvalue weighted by Gasteiger charge is -1.98. The first-order chi connectivity index (χ1) is 5.86. The van der Waals surface area contributed by atoms with Gasteiger partial charge >= 0.3 is 0 Å². The lowest BCUT2D eigenvalue weighted by Crippen LogP contribution is -1.92. The fraction of sp³-hybridized carbons (Fsp3) is 0.300. The number of hydrogen-bond donors (Lipinski definition) is 0. The van der Waals surface area contributed by atoms with E-state index < -0.39 is 0 Å². The van der Waals surface area contributed by atoms with Gasteiger partial charge in [-0.1, -0.05) is 6.08 Å². The zero-order chi connectivity index (χ0) is 8.81. The molecule has 1 heterocycles. The number of unbranched alkanes of at least 4 members (excludes halogenated alkanes) is 1. The molecule has 2 nitrogen and oxygen atoms in total. The summed E-state index contributed by atoms with van der Waals surface area (Å²) in [5.41, 5.74) is 0.744. The summed E-state index contributed by atoms with van der Waals surface area (Å²) in [6.07, 6.45) is 8.65. The van der Waals surface area contributed by atoms with Gasteiger partial charge < -0.3 is 4.57 Å². The summed E-state index contributed by atoms with van der Waals surface area (Å²) in [6.45, 7) is 4.61. The van der Waals surface area contributed by atoms with Crippen LogP contribution < -0.4 is 0 Å². The van der Waals surface area contributed by atoms with Gasteiger partial charge in [-0.25, -0.2) is 0 Å². The highest BCUT2D eigenvalue weighted by atomic mass is 16.1. The van der Waals surface area contributed by atoms with Crippen LogP contribution in [0, 0.1) is 0 Å². The largest absolute Gasteiger partial charge is 0.354 e. The fourth-order valence-corrected chi connectivity index (χ4v) is 1.09. The fourth-order valence-electron chi connectivity index (χ4n) is 1.09. The lowest BCUT2D eigenvalue weighted by molar-refractivity contribution is 0.112. The van der Waals surface area contributed by atoms with Crippen LogP contribution in [0.2, 0.25) is 0 Å². The van der Waals surface area contributed by atoms with Gasteiger partial charge in [0, 0.05) is 24.5 Å². The molecule has 0 aliphatic rings. The van der Waals surface area contributed by atoms with E-state index >= 15 is 0 Å². The highest BCUT2D eigenvalue weighted by Gasteiger charge is 1.93. The zero-order valence-corrected chi connectivity index (χ0v) is 7.07. The molecule has 1 aromatic rings.